The van der Waals surface area contributed by atoms with Gasteiger partial charge in [0, 0.05) is 24.6 Å². The van der Waals surface area contributed by atoms with E-state index in [1.54, 1.807) is 12.1 Å². The summed E-state index contributed by atoms with van der Waals surface area (Å²) in [6.07, 6.45) is 0. The van der Waals surface area contributed by atoms with Crippen molar-refractivity contribution in [3.05, 3.63) is 35.4 Å². The van der Waals surface area contributed by atoms with Gasteiger partial charge in [-0.15, -0.1) is 0 Å². The van der Waals surface area contributed by atoms with Crippen LogP contribution in [0.5, 0.6) is 0 Å². The van der Waals surface area contributed by atoms with Crippen LogP contribution in [0.15, 0.2) is 24.3 Å². The molecule has 4 nitrogen and oxygen atoms in total. The van der Waals surface area contributed by atoms with E-state index in [9.17, 15) is 9.59 Å². The minimum absolute atomic E-state index is 0.0652. The largest absolute Gasteiger partial charge is 0.352 e. The highest BCUT2D eigenvalue weighted by atomic mass is 16.2. The molecular formula is C14H20N2O2. The summed E-state index contributed by atoms with van der Waals surface area (Å²) >= 11 is 0. The third-order valence-electron chi connectivity index (χ3n) is 2.25. The lowest BCUT2D eigenvalue weighted by molar-refractivity contribution is -0.119. The first-order valence-corrected chi connectivity index (χ1v) is 5.94. The lowest BCUT2D eigenvalue weighted by Crippen LogP contribution is -2.40. The van der Waals surface area contributed by atoms with Gasteiger partial charge in [-0.25, -0.2) is 0 Å². The van der Waals surface area contributed by atoms with Gasteiger partial charge in [-0.3, -0.25) is 9.59 Å². The molecule has 0 radical (unpaired) electrons. The molecule has 1 aromatic rings. The zero-order chi connectivity index (χ0) is 13.8. The van der Waals surface area contributed by atoms with Crippen molar-refractivity contribution in [1.29, 1.82) is 0 Å². The van der Waals surface area contributed by atoms with Crippen LogP contribution in [0.3, 0.4) is 0 Å². The second-order valence-corrected chi connectivity index (χ2v) is 5.31. The van der Waals surface area contributed by atoms with Gasteiger partial charge in [-0.05, 0) is 38.5 Å². The third-order valence-corrected chi connectivity index (χ3v) is 2.25. The molecule has 0 heterocycles. The van der Waals surface area contributed by atoms with Crippen molar-refractivity contribution in [2.45, 2.75) is 39.8 Å². The maximum absolute atomic E-state index is 11.9. The van der Waals surface area contributed by atoms with Crippen molar-refractivity contribution in [3.8, 4) is 0 Å². The topological polar surface area (TPSA) is 58.2 Å². The molecule has 0 atom stereocenters. The molecule has 0 aliphatic carbocycles. The molecule has 0 saturated carbocycles. The van der Waals surface area contributed by atoms with Crippen LogP contribution in [0.2, 0.25) is 0 Å². The predicted octanol–water partition coefficient (Wildman–Crippen LogP) is 1.85. The fourth-order valence-corrected chi connectivity index (χ4v) is 1.41. The fraction of sp³-hybridized carbons (Fsp3) is 0.429. The third kappa shape index (κ3) is 4.99. The molecule has 0 fully saturated rings. The normalized spacial score (nSPS) is 10.9. The van der Waals surface area contributed by atoms with E-state index in [4.69, 9.17) is 0 Å². The second-order valence-electron chi connectivity index (χ2n) is 5.31. The van der Waals surface area contributed by atoms with Gasteiger partial charge in [0.1, 0.15) is 0 Å². The van der Waals surface area contributed by atoms with E-state index < -0.39 is 0 Å². The van der Waals surface area contributed by atoms with E-state index in [1.165, 1.54) is 6.92 Å². The Morgan fingerprint density at radius 2 is 1.67 bits per heavy atom. The molecule has 0 bridgehead atoms. The van der Waals surface area contributed by atoms with Gasteiger partial charge < -0.3 is 10.6 Å². The zero-order valence-electron chi connectivity index (χ0n) is 11.3. The van der Waals surface area contributed by atoms with Crippen LogP contribution in [-0.4, -0.2) is 17.4 Å². The van der Waals surface area contributed by atoms with Crippen LogP contribution in [-0.2, 0) is 11.3 Å². The predicted molar refractivity (Wildman–Crippen MR) is 71.2 cm³/mol. The Kier molecular flexibility index (Phi) is 4.48. The summed E-state index contributed by atoms with van der Waals surface area (Å²) in [6, 6.07) is 7.21. The summed E-state index contributed by atoms with van der Waals surface area (Å²) in [5.41, 5.74) is 1.35. The van der Waals surface area contributed by atoms with E-state index in [2.05, 4.69) is 10.6 Å². The monoisotopic (exact) mass is 248 g/mol. The molecule has 0 aliphatic rings. The number of carbonyl (C=O) groups excluding carboxylic acids is 2. The lowest BCUT2D eigenvalue weighted by atomic mass is 10.1. The van der Waals surface area contributed by atoms with Gasteiger partial charge in [-0.1, -0.05) is 12.1 Å². The van der Waals surface area contributed by atoms with Crippen LogP contribution < -0.4 is 10.6 Å². The number of amides is 2. The van der Waals surface area contributed by atoms with Crippen molar-refractivity contribution in [3.63, 3.8) is 0 Å². The highest BCUT2D eigenvalue weighted by Crippen LogP contribution is 2.07. The maximum atomic E-state index is 11.9. The van der Waals surface area contributed by atoms with E-state index in [-0.39, 0.29) is 17.4 Å². The molecule has 0 aliphatic heterocycles. The Morgan fingerprint density at radius 3 is 2.11 bits per heavy atom. The molecular weight excluding hydrogens is 228 g/mol. The summed E-state index contributed by atoms with van der Waals surface area (Å²) in [5.74, 6) is -0.155. The van der Waals surface area contributed by atoms with Gasteiger partial charge in [0.25, 0.3) is 5.91 Å². The first-order valence-electron chi connectivity index (χ1n) is 5.94. The van der Waals surface area contributed by atoms with Gasteiger partial charge in [0.05, 0.1) is 0 Å². The Labute approximate surface area is 108 Å². The number of hydrogen-bond donors (Lipinski definition) is 2. The number of carbonyl (C=O) groups is 2. The quantitative estimate of drug-likeness (QED) is 0.857. The molecule has 0 unspecified atom stereocenters. The molecule has 1 rings (SSSR count). The Bertz CT molecular complexity index is 430. The molecule has 0 spiro atoms. The first-order chi connectivity index (χ1) is 8.28. The Morgan fingerprint density at radius 1 is 1.11 bits per heavy atom. The van der Waals surface area contributed by atoms with E-state index in [0.717, 1.165) is 5.56 Å². The average Bonchev–Trinajstić information content (AvgIpc) is 2.24. The number of nitrogens with one attached hydrogen (secondary N) is 2. The van der Waals surface area contributed by atoms with Gasteiger partial charge in [0.2, 0.25) is 5.91 Å². The van der Waals surface area contributed by atoms with Crippen LogP contribution >= 0.6 is 0 Å². The molecule has 1 aromatic carbocycles. The molecule has 0 aromatic heterocycles. The van der Waals surface area contributed by atoms with E-state index in [1.807, 2.05) is 32.9 Å². The van der Waals surface area contributed by atoms with Crippen molar-refractivity contribution in [1.82, 2.24) is 10.6 Å². The van der Waals surface area contributed by atoms with Crippen molar-refractivity contribution >= 4 is 11.8 Å². The summed E-state index contributed by atoms with van der Waals surface area (Å²) < 4.78 is 0. The summed E-state index contributed by atoms with van der Waals surface area (Å²) in [5, 5.41) is 5.61. The molecule has 2 amide bonds. The van der Waals surface area contributed by atoms with Crippen LogP contribution in [0.25, 0.3) is 0 Å². The van der Waals surface area contributed by atoms with Gasteiger partial charge in [0.15, 0.2) is 0 Å². The van der Waals surface area contributed by atoms with Crippen molar-refractivity contribution in [2.24, 2.45) is 0 Å². The van der Waals surface area contributed by atoms with Gasteiger partial charge in [-0.2, -0.15) is 0 Å². The number of rotatable bonds is 3. The van der Waals surface area contributed by atoms with Crippen molar-refractivity contribution < 1.29 is 9.59 Å². The molecule has 0 saturated heterocycles. The Balaban J connectivity index is 2.65. The summed E-state index contributed by atoms with van der Waals surface area (Å²) in [6.45, 7) is 7.78. The lowest BCUT2D eigenvalue weighted by Gasteiger charge is -2.20. The van der Waals surface area contributed by atoms with Crippen molar-refractivity contribution in [2.75, 3.05) is 0 Å². The number of hydrogen-bond acceptors (Lipinski definition) is 2. The standard InChI is InChI=1S/C14H20N2O2/c1-10(17)15-9-11-5-7-12(8-6-11)13(18)16-14(2,3)4/h5-8H,9H2,1-4H3,(H,15,17)(H,16,18). The highest BCUT2D eigenvalue weighted by molar-refractivity contribution is 5.94. The summed E-state index contributed by atoms with van der Waals surface area (Å²) in [4.78, 5) is 22.6. The SMILES string of the molecule is CC(=O)NCc1ccc(C(=O)NC(C)(C)C)cc1. The molecule has 4 heteroatoms. The van der Waals surface area contributed by atoms with Crippen LogP contribution in [0, 0.1) is 0 Å². The smallest absolute Gasteiger partial charge is 0.251 e. The van der Waals surface area contributed by atoms with E-state index >= 15 is 0 Å². The highest BCUT2D eigenvalue weighted by Gasteiger charge is 2.14. The molecule has 2 N–H and O–H groups in total. The average molecular weight is 248 g/mol. The fourth-order valence-electron chi connectivity index (χ4n) is 1.41. The maximum Gasteiger partial charge on any atom is 0.251 e. The zero-order valence-corrected chi connectivity index (χ0v) is 11.3. The second kappa shape index (κ2) is 5.67. The Hall–Kier alpha value is -1.84. The van der Waals surface area contributed by atoms with Crippen LogP contribution in [0.1, 0.15) is 43.6 Å². The first kappa shape index (κ1) is 14.2. The van der Waals surface area contributed by atoms with Crippen LogP contribution in [0.4, 0.5) is 0 Å². The van der Waals surface area contributed by atoms with E-state index in [0.29, 0.717) is 12.1 Å². The van der Waals surface area contributed by atoms with Gasteiger partial charge >= 0.3 is 0 Å². The summed E-state index contributed by atoms with van der Waals surface area (Å²) in [7, 11) is 0. The molecule has 98 valence electrons. The molecule has 18 heavy (non-hydrogen) atoms. The minimum Gasteiger partial charge on any atom is -0.352 e. The number of benzene rings is 1. The minimum atomic E-state index is -0.244.